The highest BCUT2D eigenvalue weighted by molar-refractivity contribution is 5.63. The zero-order valence-electron chi connectivity index (χ0n) is 11.2. The van der Waals surface area contributed by atoms with E-state index in [9.17, 15) is 0 Å². The van der Waals surface area contributed by atoms with Crippen molar-refractivity contribution in [2.45, 2.75) is 6.04 Å². The molecule has 1 atom stereocenters. The summed E-state index contributed by atoms with van der Waals surface area (Å²) in [5, 5.41) is 0. The highest BCUT2D eigenvalue weighted by Gasteiger charge is 2.08. The van der Waals surface area contributed by atoms with Crippen molar-refractivity contribution in [2.24, 2.45) is 5.73 Å². The zero-order chi connectivity index (χ0) is 13.8. The van der Waals surface area contributed by atoms with Crippen molar-refractivity contribution in [1.82, 2.24) is 0 Å². The van der Waals surface area contributed by atoms with Crippen LogP contribution in [0.4, 0.5) is 0 Å². The average Bonchev–Trinajstić information content (AvgIpc) is 2.56. The monoisotopic (exact) mass is 259 g/mol. The van der Waals surface area contributed by atoms with E-state index >= 15 is 0 Å². The van der Waals surface area contributed by atoms with Gasteiger partial charge in [-0.05, 0) is 22.3 Å². The molecule has 0 bridgehead atoms. The molecule has 98 valence electrons. The van der Waals surface area contributed by atoms with E-state index in [1.807, 2.05) is 24.3 Å². The van der Waals surface area contributed by atoms with Gasteiger partial charge in [0, 0.05) is 0 Å². The van der Waals surface area contributed by atoms with Gasteiger partial charge in [0.15, 0.2) is 0 Å². The largest absolute Gasteiger partial charge is 0.320 e. The number of rotatable bonds is 3. The minimum Gasteiger partial charge on any atom is -0.320 e. The molecule has 2 N–H and O–H groups in total. The van der Waals surface area contributed by atoms with E-state index in [1.54, 1.807) is 0 Å². The SMILES string of the molecule is NC(c1ccccc1)c1ccc(-c2ccccc2)cc1. The Hall–Kier alpha value is -2.38. The van der Waals surface area contributed by atoms with Crippen LogP contribution in [0, 0.1) is 0 Å². The molecule has 0 aromatic heterocycles. The van der Waals surface area contributed by atoms with Gasteiger partial charge in [-0.25, -0.2) is 0 Å². The fraction of sp³-hybridized carbons (Fsp3) is 0.0526. The van der Waals surface area contributed by atoms with Crippen molar-refractivity contribution < 1.29 is 0 Å². The summed E-state index contributed by atoms with van der Waals surface area (Å²) in [4.78, 5) is 0. The Labute approximate surface area is 119 Å². The van der Waals surface area contributed by atoms with Crippen molar-refractivity contribution in [3.63, 3.8) is 0 Å². The highest BCUT2D eigenvalue weighted by atomic mass is 14.6. The molecule has 1 heteroatoms. The first-order chi connectivity index (χ1) is 9.84. The maximum absolute atomic E-state index is 6.31. The van der Waals surface area contributed by atoms with E-state index in [1.165, 1.54) is 11.1 Å². The maximum Gasteiger partial charge on any atom is 0.0551 e. The summed E-state index contributed by atoms with van der Waals surface area (Å²) < 4.78 is 0. The number of hydrogen-bond donors (Lipinski definition) is 1. The third kappa shape index (κ3) is 2.63. The molecule has 3 aromatic rings. The molecule has 0 spiro atoms. The van der Waals surface area contributed by atoms with Crippen LogP contribution in [0.3, 0.4) is 0 Å². The van der Waals surface area contributed by atoms with Crippen LogP contribution in [0.15, 0.2) is 84.9 Å². The van der Waals surface area contributed by atoms with Gasteiger partial charge in [0.1, 0.15) is 0 Å². The lowest BCUT2D eigenvalue weighted by Gasteiger charge is -2.13. The standard InChI is InChI=1S/C19H17N/c20-19(17-9-5-2-6-10-17)18-13-11-16(12-14-18)15-7-3-1-4-8-15/h1-14,19H,20H2. The van der Waals surface area contributed by atoms with Crippen molar-refractivity contribution in [2.75, 3.05) is 0 Å². The summed E-state index contributed by atoms with van der Waals surface area (Å²) in [6, 6.07) is 29.0. The van der Waals surface area contributed by atoms with E-state index in [4.69, 9.17) is 5.73 Å². The Morgan fingerprint density at radius 2 is 0.950 bits per heavy atom. The molecule has 0 aliphatic carbocycles. The molecule has 20 heavy (non-hydrogen) atoms. The van der Waals surface area contributed by atoms with Crippen LogP contribution < -0.4 is 5.73 Å². The topological polar surface area (TPSA) is 26.0 Å². The van der Waals surface area contributed by atoms with Crippen molar-refractivity contribution in [3.8, 4) is 11.1 Å². The van der Waals surface area contributed by atoms with Crippen LogP contribution >= 0.6 is 0 Å². The molecular weight excluding hydrogens is 242 g/mol. The Kier molecular flexibility index (Phi) is 3.62. The van der Waals surface area contributed by atoms with Crippen LogP contribution in [0.25, 0.3) is 11.1 Å². The Balaban J connectivity index is 1.87. The van der Waals surface area contributed by atoms with Crippen LogP contribution in [-0.2, 0) is 0 Å². The Morgan fingerprint density at radius 1 is 0.500 bits per heavy atom. The second-order valence-electron chi connectivity index (χ2n) is 4.88. The van der Waals surface area contributed by atoms with Crippen molar-refractivity contribution in [1.29, 1.82) is 0 Å². The van der Waals surface area contributed by atoms with Gasteiger partial charge >= 0.3 is 0 Å². The Morgan fingerprint density at radius 3 is 1.55 bits per heavy atom. The lowest BCUT2D eigenvalue weighted by Crippen LogP contribution is -2.11. The molecule has 1 unspecified atom stereocenters. The summed E-state index contributed by atoms with van der Waals surface area (Å²) in [5.41, 5.74) is 11.0. The fourth-order valence-electron chi connectivity index (χ4n) is 2.37. The normalized spacial score (nSPS) is 12.1. The molecule has 1 nitrogen and oxygen atoms in total. The van der Waals surface area contributed by atoms with Gasteiger partial charge in [0.25, 0.3) is 0 Å². The lowest BCUT2D eigenvalue weighted by molar-refractivity contribution is 0.872. The highest BCUT2D eigenvalue weighted by Crippen LogP contribution is 2.24. The predicted molar refractivity (Wildman–Crippen MR) is 84.4 cm³/mol. The van der Waals surface area contributed by atoms with E-state index < -0.39 is 0 Å². The van der Waals surface area contributed by atoms with Crippen molar-refractivity contribution in [3.05, 3.63) is 96.1 Å². The zero-order valence-corrected chi connectivity index (χ0v) is 11.2. The summed E-state index contributed by atoms with van der Waals surface area (Å²) in [6.45, 7) is 0. The van der Waals surface area contributed by atoms with E-state index in [2.05, 4.69) is 60.7 Å². The number of hydrogen-bond acceptors (Lipinski definition) is 1. The third-order valence-electron chi connectivity index (χ3n) is 3.54. The molecule has 0 saturated carbocycles. The predicted octanol–water partition coefficient (Wildman–Crippen LogP) is 4.40. The molecule has 0 aliphatic heterocycles. The molecular formula is C19H17N. The molecule has 0 saturated heterocycles. The first-order valence-electron chi connectivity index (χ1n) is 6.80. The lowest BCUT2D eigenvalue weighted by atomic mass is 9.97. The molecule has 0 amide bonds. The first-order valence-corrected chi connectivity index (χ1v) is 6.80. The summed E-state index contributed by atoms with van der Waals surface area (Å²) in [5.74, 6) is 0. The smallest absolute Gasteiger partial charge is 0.0551 e. The molecule has 3 aromatic carbocycles. The molecule has 0 aliphatic rings. The molecule has 0 radical (unpaired) electrons. The van der Waals surface area contributed by atoms with E-state index in [0.717, 1.165) is 11.1 Å². The second-order valence-corrected chi connectivity index (χ2v) is 4.88. The van der Waals surface area contributed by atoms with Crippen LogP contribution in [0.2, 0.25) is 0 Å². The average molecular weight is 259 g/mol. The minimum atomic E-state index is -0.0685. The van der Waals surface area contributed by atoms with Crippen LogP contribution in [0.5, 0.6) is 0 Å². The summed E-state index contributed by atoms with van der Waals surface area (Å²) >= 11 is 0. The fourth-order valence-corrected chi connectivity index (χ4v) is 2.37. The number of benzene rings is 3. The Bertz CT molecular complexity index is 657. The molecule has 0 fully saturated rings. The van der Waals surface area contributed by atoms with E-state index in [0.29, 0.717) is 0 Å². The van der Waals surface area contributed by atoms with Crippen LogP contribution in [0.1, 0.15) is 17.2 Å². The van der Waals surface area contributed by atoms with Gasteiger partial charge in [0.2, 0.25) is 0 Å². The van der Waals surface area contributed by atoms with Gasteiger partial charge in [-0.3, -0.25) is 0 Å². The third-order valence-corrected chi connectivity index (χ3v) is 3.54. The maximum atomic E-state index is 6.31. The van der Waals surface area contributed by atoms with E-state index in [-0.39, 0.29) is 6.04 Å². The van der Waals surface area contributed by atoms with Gasteiger partial charge < -0.3 is 5.73 Å². The van der Waals surface area contributed by atoms with Gasteiger partial charge in [-0.15, -0.1) is 0 Å². The summed E-state index contributed by atoms with van der Waals surface area (Å²) in [6.07, 6.45) is 0. The van der Waals surface area contributed by atoms with Crippen LogP contribution in [-0.4, -0.2) is 0 Å². The number of nitrogens with two attached hydrogens (primary N) is 1. The summed E-state index contributed by atoms with van der Waals surface area (Å²) in [7, 11) is 0. The van der Waals surface area contributed by atoms with Gasteiger partial charge in [-0.1, -0.05) is 84.9 Å². The minimum absolute atomic E-state index is 0.0685. The second kappa shape index (κ2) is 5.72. The van der Waals surface area contributed by atoms with Gasteiger partial charge in [0.05, 0.1) is 6.04 Å². The van der Waals surface area contributed by atoms with Crippen molar-refractivity contribution >= 4 is 0 Å². The quantitative estimate of drug-likeness (QED) is 0.741. The van der Waals surface area contributed by atoms with Gasteiger partial charge in [-0.2, -0.15) is 0 Å². The first kappa shape index (κ1) is 12.6. The molecule has 0 heterocycles. The molecule has 3 rings (SSSR count).